The fourth-order valence-corrected chi connectivity index (χ4v) is 2.71. The molecule has 10 heteroatoms. The molecule has 2 heterocycles. The minimum absolute atomic E-state index is 0.00595. The standard InChI is InChI=1S/C17H16F2N4O4/c1-9(24)7-23-13(22-14-15(23)20-8-21-16(14)25)6-10-3-4-11(27-17(18)19)12(5-10)26-2/h3-5,8,17H,6-7H2,1-2H3,(H,20,21,25). The monoisotopic (exact) mass is 378 g/mol. The number of nitrogens with zero attached hydrogens (tertiary/aromatic N) is 3. The van der Waals surface area contributed by atoms with Crippen LogP contribution in [0.15, 0.2) is 29.3 Å². The van der Waals surface area contributed by atoms with Crippen molar-refractivity contribution in [2.45, 2.75) is 26.5 Å². The minimum Gasteiger partial charge on any atom is -0.493 e. The zero-order valence-electron chi connectivity index (χ0n) is 14.5. The molecule has 0 aliphatic rings. The first-order valence-electron chi connectivity index (χ1n) is 7.93. The summed E-state index contributed by atoms with van der Waals surface area (Å²) in [7, 11) is 1.34. The van der Waals surface area contributed by atoms with Crippen LogP contribution < -0.4 is 15.0 Å². The van der Waals surface area contributed by atoms with Crippen molar-refractivity contribution in [1.29, 1.82) is 0 Å². The van der Waals surface area contributed by atoms with E-state index in [1.807, 2.05) is 0 Å². The Bertz CT molecular complexity index is 1050. The second-order valence-electron chi connectivity index (χ2n) is 5.76. The SMILES string of the molecule is COc1cc(Cc2nc3c(=O)[nH]cnc3n2CC(C)=O)ccc1OC(F)F. The molecule has 0 spiro atoms. The van der Waals surface area contributed by atoms with Crippen molar-refractivity contribution in [2.75, 3.05) is 7.11 Å². The van der Waals surface area contributed by atoms with Gasteiger partial charge in [0.2, 0.25) is 0 Å². The normalized spacial score (nSPS) is 11.1. The Labute approximate surface area is 151 Å². The number of rotatable bonds is 7. The van der Waals surface area contributed by atoms with E-state index < -0.39 is 12.2 Å². The van der Waals surface area contributed by atoms with Gasteiger partial charge in [-0.25, -0.2) is 9.97 Å². The second-order valence-corrected chi connectivity index (χ2v) is 5.76. The molecule has 0 radical (unpaired) electrons. The summed E-state index contributed by atoms with van der Waals surface area (Å²) in [4.78, 5) is 34.4. The number of carbonyl (C=O) groups excluding carboxylic acids is 1. The molecule has 3 aromatic rings. The van der Waals surface area contributed by atoms with Crippen LogP contribution >= 0.6 is 0 Å². The van der Waals surface area contributed by atoms with E-state index >= 15 is 0 Å². The average molecular weight is 378 g/mol. The molecule has 27 heavy (non-hydrogen) atoms. The van der Waals surface area contributed by atoms with Crippen molar-refractivity contribution in [3.63, 3.8) is 0 Å². The molecular weight excluding hydrogens is 362 g/mol. The summed E-state index contributed by atoms with van der Waals surface area (Å²) in [6.07, 6.45) is 1.47. The second kappa shape index (κ2) is 7.52. The van der Waals surface area contributed by atoms with Gasteiger partial charge >= 0.3 is 6.61 Å². The number of Topliss-reactive ketones (excluding diaryl/α,β-unsaturated/α-hetero) is 1. The molecule has 0 aliphatic carbocycles. The Morgan fingerprint density at radius 2 is 2.11 bits per heavy atom. The van der Waals surface area contributed by atoms with Crippen LogP contribution in [-0.2, 0) is 17.8 Å². The fraction of sp³-hybridized carbons (Fsp3) is 0.294. The van der Waals surface area contributed by atoms with E-state index in [2.05, 4.69) is 19.7 Å². The number of H-pyrrole nitrogens is 1. The van der Waals surface area contributed by atoms with Crippen LogP contribution in [0.4, 0.5) is 8.78 Å². The number of halogens is 2. The largest absolute Gasteiger partial charge is 0.493 e. The molecule has 0 fully saturated rings. The van der Waals surface area contributed by atoms with Crippen LogP contribution in [0.1, 0.15) is 18.3 Å². The predicted molar refractivity (Wildman–Crippen MR) is 91.3 cm³/mol. The number of imidazole rings is 1. The first kappa shape index (κ1) is 18.5. The number of methoxy groups -OCH3 is 1. The van der Waals surface area contributed by atoms with Crippen molar-refractivity contribution < 1.29 is 23.0 Å². The van der Waals surface area contributed by atoms with Gasteiger partial charge in [0.1, 0.15) is 11.6 Å². The van der Waals surface area contributed by atoms with Crippen LogP contribution in [-0.4, -0.2) is 39.0 Å². The van der Waals surface area contributed by atoms with E-state index in [9.17, 15) is 18.4 Å². The number of fused-ring (bicyclic) bond motifs is 1. The Balaban J connectivity index is 2.02. The number of nitrogens with one attached hydrogen (secondary N) is 1. The molecule has 142 valence electrons. The number of alkyl halides is 2. The van der Waals surface area contributed by atoms with Crippen molar-refractivity contribution >= 4 is 16.9 Å². The summed E-state index contributed by atoms with van der Waals surface area (Å²) in [6.45, 7) is -1.55. The number of aromatic amines is 1. The van der Waals surface area contributed by atoms with Gasteiger partial charge in [-0.3, -0.25) is 9.59 Å². The first-order chi connectivity index (χ1) is 12.9. The molecule has 8 nitrogen and oxygen atoms in total. The molecule has 0 saturated carbocycles. The average Bonchev–Trinajstić information content (AvgIpc) is 2.94. The maximum atomic E-state index is 12.5. The van der Waals surface area contributed by atoms with E-state index in [1.54, 1.807) is 10.6 Å². The Morgan fingerprint density at radius 3 is 2.78 bits per heavy atom. The molecule has 1 N–H and O–H groups in total. The van der Waals surface area contributed by atoms with Crippen LogP contribution in [0.5, 0.6) is 11.5 Å². The quantitative estimate of drug-likeness (QED) is 0.674. The summed E-state index contributed by atoms with van der Waals surface area (Å²) in [6, 6.07) is 4.48. The number of ketones is 1. The summed E-state index contributed by atoms with van der Waals surface area (Å²) in [5, 5.41) is 0. The Morgan fingerprint density at radius 1 is 1.33 bits per heavy atom. The third-order valence-corrected chi connectivity index (χ3v) is 3.80. The highest BCUT2D eigenvalue weighted by Crippen LogP contribution is 2.30. The zero-order valence-corrected chi connectivity index (χ0v) is 14.5. The van der Waals surface area contributed by atoms with E-state index in [0.29, 0.717) is 17.0 Å². The van der Waals surface area contributed by atoms with Crippen LogP contribution in [0.25, 0.3) is 11.2 Å². The predicted octanol–water partition coefficient (Wildman–Crippen LogP) is 1.91. The number of carbonyl (C=O) groups is 1. The molecule has 3 rings (SSSR count). The number of aromatic nitrogens is 4. The van der Waals surface area contributed by atoms with Crippen molar-refractivity contribution in [2.24, 2.45) is 0 Å². The lowest BCUT2D eigenvalue weighted by molar-refractivity contribution is -0.117. The fourth-order valence-electron chi connectivity index (χ4n) is 2.71. The van der Waals surface area contributed by atoms with Gasteiger partial charge in [-0.15, -0.1) is 0 Å². The number of hydrogen-bond acceptors (Lipinski definition) is 6. The topological polar surface area (TPSA) is 99.1 Å². The van der Waals surface area contributed by atoms with Crippen LogP contribution in [0.2, 0.25) is 0 Å². The van der Waals surface area contributed by atoms with Gasteiger partial charge in [-0.05, 0) is 24.6 Å². The molecule has 2 aromatic heterocycles. The third-order valence-electron chi connectivity index (χ3n) is 3.80. The highest BCUT2D eigenvalue weighted by atomic mass is 19.3. The maximum Gasteiger partial charge on any atom is 0.387 e. The smallest absolute Gasteiger partial charge is 0.387 e. The number of benzene rings is 1. The third kappa shape index (κ3) is 3.94. The van der Waals surface area contributed by atoms with Gasteiger partial charge < -0.3 is 19.0 Å². The molecule has 1 aromatic carbocycles. The minimum atomic E-state index is -2.97. The van der Waals surface area contributed by atoms with Crippen molar-refractivity contribution in [3.8, 4) is 11.5 Å². The highest BCUT2D eigenvalue weighted by molar-refractivity contribution is 5.78. The Hall–Kier alpha value is -3.30. The van der Waals surface area contributed by atoms with Crippen molar-refractivity contribution in [3.05, 3.63) is 46.3 Å². The molecule has 0 amide bonds. The lowest BCUT2D eigenvalue weighted by atomic mass is 10.1. The molecule has 0 atom stereocenters. The first-order valence-corrected chi connectivity index (χ1v) is 7.93. The molecular formula is C17H16F2N4O4. The summed E-state index contributed by atoms with van der Waals surface area (Å²) >= 11 is 0. The van der Waals surface area contributed by atoms with Crippen LogP contribution in [0, 0.1) is 0 Å². The van der Waals surface area contributed by atoms with E-state index in [0.717, 1.165) is 0 Å². The van der Waals surface area contributed by atoms with E-state index in [4.69, 9.17) is 4.74 Å². The van der Waals surface area contributed by atoms with E-state index in [1.165, 1.54) is 32.5 Å². The lowest BCUT2D eigenvalue weighted by Gasteiger charge is -2.12. The molecule has 0 bridgehead atoms. The van der Waals surface area contributed by atoms with Crippen LogP contribution in [0.3, 0.4) is 0 Å². The molecule has 0 saturated heterocycles. The van der Waals surface area contributed by atoms with Gasteiger partial charge in [0, 0.05) is 6.42 Å². The van der Waals surface area contributed by atoms with Gasteiger partial charge in [-0.2, -0.15) is 8.78 Å². The molecule has 0 aliphatic heterocycles. The van der Waals surface area contributed by atoms with E-state index in [-0.39, 0.29) is 35.8 Å². The maximum absolute atomic E-state index is 12.5. The summed E-state index contributed by atoms with van der Waals surface area (Å²) in [5.41, 5.74) is 0.679. The highest BCUT2D eigenvalue weighted by Gasteiger charge is 2.17. The summed E-state index contributed by atoms with van der Waals surface area (Å²) in [5.74, 6) is 0.356. The number of hydrogen-bond donors (Lipinski definition) is 1. The van der Waals surface area contributed by atoms with Crippen molar-refractivity contribution in [1.82, 2.24) is 19.5 Å². The number of ether oxygens (including phenoxy) is 2. The summed E-state index contributed by atoms with van der Waals surface area (Å²) < 4.78 is 36.0. The van der Waals surface area contributed by atoms with Gasteiger partial charge in [-0.1, -0.05) is 6.07 Å². The van der Waals surface area contributed by atoms with Gasteiger partial charge in [0.15, 0.2) is 22.7 Å². The van der Waals surface area contributed by atoms with Gasteiger partial charge in [0.05, 0.1) is 20.0 Å². The molecule has 0 unspecified atom stereocenters. The Kier molecular flexibility index (Phi) is 5.15. The van der Waals surface area contributed by atoms with Gasteiger partial charge in [0.25, 0.3) is 5.56 Å². The lowest BCUT2D eigenvalue weighted by Crippen LogP contribution is -2.12. The zero-order chi connectivity index (χ0) is 19.6.